The number of aryl methyl sites for hydroxylation is 1. The van der Waals surface area contributed by atoms with E-state index in [0.717, 1.165) is 25.3 Å². The third-order valence-corrected chi connectivity index (χ3v) is 4.38. The van der Waals surface area contributed by atoms with Gasteiger partial charge >= 0.3 is 0 Å². The quantitative estimate of drug-likeness (QED) is 0.402. The van der Waals surface area contributed by atoms with Crippen molar-refractivity contribution in [2.24, 2.45) is 16.6 Å². The number of nitrogens with one attached hydrogen (secondary N) is 1. The molecule has 0 aromatic heterocycles. The van der Waals surface area contributed by atoms with Crippen molar-refractivity contribution in [1.29, 1.82) is 0 Å². The molecule has 1 aliphatic heterocycles. The molecule has 1 aromatic rings. The van der Waals surface area contributed by atoms with Gasteiger partial charge in [-0.25, -0.2) is 0 Å². The number of benzene rings is 1. The average Bonchev–Trinajstić information content (AvgIpc) is 2.56. The average molecular weight is 445 g/mol. The van der Waals surface area contributed by atoms with Crippen LogP contribution >= 0.6 is 24.0 Å². The first-order valence-electron chi connectivity index (χ1n) is 8.65. The highest BCUT2D eigenvalue weighted by Crippen LogP contribution is 2.09. The molecule has 1 aromatic carbocycles. The number of guanidine groups is 1. The highest BCUT2D eigenvalue weighted by molar-refractivity contribution is 14.0. The van der Waals surface area contributed by atoms with E-state index in [4.69, 9.17) is 5.73 Å². The topological polar surface area (TPSA) is 56.9 Å². The summed E-state index contributed by atoms with van der Waals surface area (Å²) in [7, 11) is 0. The van der Waals surface area contributed by atoms with Crippen LogP contribution in [0.3, 0.4) is 0 Å². The Morgan fingerprint density at radius 2 is 1.75 bits per heavy atom. The fourth-order valence-corrected chi connectivity index (χ4v) is 2.87. The molecule has 0 saturated carbocycles. The van der Waals surface area contributed by atoms with Crippen molar-refractivity contribution in [2.75, 3.05) is 51.1 Å². The van der Waals surface area contributed by atoms with Gasteiger partial charge in [0, 0.05) is 45.0 Å². The molecule has 1 saturated heterocycles. The molecule has 1 aliphatic rings. The van der Waals surface area contributed by atoms with Crippen molar-refractivity contribution in [3.63, 3.8) is 0 Å². The first-order valence-corrected chi connectivity index (χ1v) is 8.65. The van der Waals surface area contributed by atoms with E-state index in [1.165, 1.54) is 31.7 Å². The SMILES string of the molecule is CCN1CCN(CC(C)CN=C(N)Nc2ccc(C)cc2)CC1.I. The van der Waals surface area contributed by atoms with E-state index in [-0.39, 0.29) is 24.0 Å². The molecule has 1 heterocycles. The van der Waals surface area contributed by atoms with Gasteiger partial charge in [0.15, 0.2) is 5.96 Å². The summed E-state index contributed by atoms with van der Waals surface area (Å²) in [6.45, 7) is 14.3. The first-order chi connectivity index (χ1) is 11.1. The zero-order valence-corrected chi connectivity index (χ0v) is 17.5. The van der Waals surface area contributed by atoms with Gasteiger partial charge in [0.2, 0.25) is 0 Å². The minimum absolute atomic E-state index is 0. The van der Waals surface area contributed by atoms with Crippen LogP contribution in [0.15, 0.2) is 29.3 Å². The van der Waals surface area contributed by atoms with Crippen LogP contribution in [0.2, 0.25) is 0 Å². The second kappa shape index (κ2) is 10.9. The normalized spacial score (nSPS) is 18.0. The molecule has 0 spiro atoms. The van der Waals surface area contributed by atoms with Crippen LogP contribution in [0.5, 0.6) is 0 Å². The molecule has 24 heavy (non-hydrogen) atoms. The van der Waals surface area contributed by atoms with Gasteiger partial charge in [0.1, 0.15) is 0 Å². The molecule has 1 fully saturated rings. The van der Waals surface area contributed by atoms with Gasteiger partial charge in [0.05, 0.1) is 0 Å². The fourth-order valence-electron chi connectivity index (χ4n) is 2.87. The lowest BCUT2D eigenvalue weighted by Crippen LogP contribution is -2.47. The maximum absolute atomic E-state index is 5.98. The zero-order valence-electron chi connectivity index (χ0n) is 15.2. The Morgan fingerprint density at radius 1 is 1.17 bits per heavy atom. The largest absolute Gasteiger partial charge is 0.370 e. The zero-order chi connectivity index (χ0) is 16.7. The predicted octanol–water partition coefficient (Wildman–Crippen LogP) is 2.61. The molecule has 1 atom stereocenters. The number of nitrogens with two attached hydrogens (primary N) is 1. The van der Waals surface area contributed by atoms with Crippen LogP contribution in [-0.2, 0) is 0 Å². The van der Waals surface area contributed by atoms with Crippen molar-refractivity contribution >= 4 is 35.6 Å². The minimum atomic E-state index is 0. The summed E-state index contributed by atoms with van der Waals surface area (Å²) in [4.78, 5) is 9.53. The van der Waals surface area contributed by atoms with Crippen LogP contribution in [0.1, 0.15) is 19.4 Å². The Bertz CT molecular complexity index is 495. The Hall–Kier alpha value is -0.860. The van der Waals surface area contributed by atoms with Crippen molar-refractivity contribution in [3.8, 4) is 0 Å². The second-order valence-electron chi connectivity index (χ2n) is 6.56. The van der Waals surface area contributed by atoms with E-state index in [9.17, 15) is 0 Å². The van der Waals surface area contributed by atoms with Crippen LogP contribution in [0.25, 0.3) is 0 Å². The van der Waals surface area contributed by atoms with Gasteiger partial charge in [-0.05, 0) is 31.5 Å². The van der Waals surface area contributed by atoms with Gasteiger partial charge in [-0.15, -0.1) is 24.0 Å². The number of hydrogen-bond donors (Lipinski definition) is 2. The fraction of sp³-hybridized carbons (Fsp3) is 0.611. The molecule has 136 valence electrons. The molecule has 0 bridgehead atoms. The lowest BCUT2D eigenvalue weighted by Gasteiger charge is -2.35. The molecule has 3 N–H and O–H groups in total. The summed E-state index contributed by atoms with van der Waals surface area (Å²) >= 11 is 0. The standard InChI is InChI=1S/C18H31N5.HI/c1-4-22-9-11-23(12-10-22)14-16(3)13-20-18(19)21-17-7-5-15(2)6-8-17;/h5-8,16H,4,9-14H2,1-3H3,(H3,19,20,21);1H. The van der Waals surface area contributed by atoms with Gasteiger partial charge in [-0.2, -0.15) is 0 Å². The molecule has 0 aliphatic carbocycles. The van der Waals surface area contributed by atoms with Crippen molar-refractivity contribution in [2.45, 2.75) is 20.8 Å². The van der Waals surface area contributed by atoms with E-state index < -0.39 is 0 Å². The molecule has 5 nitrogen and oxygen atoms in total. The number of anilines is 1. The third-order valence-electron chi connectivity index (χ3n) is 4.38. The Balaban J connectivity index is 0.00000288. The number of hydrogen-bond acceptors (Lipinski definition) is 3. The van der Waals surface area contributed by atoms with E-state index in [2.05, 4.69) is 53.0 Å². The lowest BCUT2D eigenvalue weighted by atomic mass is 10.1. The monoisotopic (exact) mass is 445 g/mol. The van der Waals surface area contributed by atoms with E-state index in [1.807, 2.05) is 12.1 Å². The summed E-state index contributed by atoms with van der Waals surface area (Å²) in [5.41, 5.74) is 8.21. The number of rotatable bonds is 6. The molecule has 2 rings (SSSR count). The summed E-state index contributed by atoms with van der Waals surface area (Å²) in [5, 5.41) is 3.15. The third kappa shape index (κ3) is 7.36. The summed E-state index contributed by atoms with van der Waals surface area (Å²) in [5.74, 6) is 1.01. The predicted molar refractivity (Wildman–Crippen MR) is 114 cm³/mol. The van der Waals surface area contributed by atoms with Crippen molar-refractivity contribution in [1.82, 2.24) is 9.80 Å². The van der Waals surface area contributed by atoms with Crippen LogP contribution in [0.4, 0.5) is 5.69 Å². The Morgan fingerprint density at radius 3 is 2.33 bits per heavy atom. The summed E-state index contributed by atoms with van der Waals surface area (Å²) < 4.78 is 0. The van der Waals surface area contributed by atoms with Gasteiger partial charge in [0.25, 0.3) is 0 Å². The van der Waals surface area contributed by atoms with Gasteiger partial charge in [-0.1, -0.05) is 31.5 Å². The maximum Gasteiger partial charge on any atom is 0.193 e. The lowest BCUT2D eigenvalue weighted by molar-refractivity contribution is 0.125. The molecular weight excluding hydrogens is 413 g/mol. The Kier molecular flexibility index (Phi) is 9.61. The minimum Gasteiger partial charge on any atom is -0.370 e. The molecule has 1 unspecified atom stereocenters. The van der Waals surface area contributed by atoms with Crippen LogP contribution < -0.4 is 11.1 Å². The second-order valence-corrected chi connectivity index (χ2v) is 6.56. The molecular formula is C18H32IN5. The van der Waals surface area contributed by atoms with Crippen LogP contribution in [0, 0.1) is 12.8 Å². The number of halogens is 1. The maximum atomic E-state index is 5.98. The highest BCUT2D eigenvalue weighted by atomic mass is 127. The van der Waals surface area contributed by atoms with E-state index in [0.29, 0.717) is 11.9 Å². The highest BCUT2D eigenvalue weighted by Gasteiger charge is 2.17. The number of nitrogens with zero attached hydrogens (tertiary/aromatic N) is 3. The molecule has 6 heteroatoms. The smallest absolute Gasteiger partial charge is 0.193 e. The summed E-state index contributed by atoms with van der Waals surface area (Å²) in [6, 6.07) is 8.17. The molecule has 0 amide bonds. The van der Waals surface area contributed by atoms with Crippen molar-refractivity contribution < 1.29 is 0 Å². The first kappa shape index (κ1) is 21.2. The van der Waals surface area contributed by atoms with Gasteiger partial charge in [-0.3, -0.25) is 4.99 Å². The van der Waals surface area contributed by atoms with Gasteiger partial charge < -0.3 is 20.9 Å². The number of aliphatic imine (C=N–C) groups is 1. The van der Waals surface area contributed by atoms with E-state index >= 15 is 0 Å². The van der Waals surface area contributed by atoms with Crippen molar-refractivity contribution in [3.05, 3.63) is 29.8 Å². The van der Waals surface area contributed by atoms with E-state index in [1.54, 1.807) is 0 Å². The number of piperazine rings is 1. The number of likely N-dealkylation sites (N-methyl/N-ethyl adjacent to an activating group) is 1. The summed E-state index contributed by atoms with van der Waals surface area (Å²) in [6.07, 6.45) is 0. The Labute approximate surface area is 163 Å². The molecule has 0 radical (unpaired) electrons. The van der Waals surface area contributed by atoms with Crippen LogP contribution in [-0.4, -0.2) is 61.6 Å².